The standard InChI is InChI=1S/C24H22BrN7OS/c1-15-13-16(2)31(29-15)12-11-21-28-23-19-5-3-4-6-20(19)27-24(32(23)30-21)34-14-22(33)26-18-9-7-17(25)8-10-18/h3-10,13H,11-12,14H2,1-2H3,(H,26,33). The van der Waals surface area contributed by atoms with Gasteiger partial charge in [0.1, 0.15) is 0 Å². The minimum Gasteiger partial charge on any atom is -0.325 e. The number of nitrogens with one attached hydrogen (secondary N) is 1. The normalized spacial score (nSPS) is 11.4. The van der Waals surface area contributed by atoms with Crippen LogP contribution in [0, 0.1) is 13.8 Å². The minimum atomic E-state index is -0.111. The zero-order valence-corrected chi connectivity index (χ0v) is 21.1. The Hall–Kier alpha value is -3.24. The van der Waals surface area contributed by atoms with E-state index in [0.29, 0.717) is 23.9 Å². The highest BCUT2D eigenvalue weighted by Crippen LogP contribution is 2.24. The summed E-state index contributed by atoms with van der Waals surface area (Å²) >= 11 is 4.74. The molecule has 0 unspecified atom stereocenters. The Balaban J connectivity index is 1.39. The number of aryl methyl sites for hydroxylation is 4. The number of aromatic nitrogens is 6. The number of carbonyl (C=O) groups is 1. The predicted molar refractivity (Wildman–Crippen MR) is 137 cm³/mol. The van der Waals surface area contributed by atoms with Gasteiger partial charge in [0, 0.05) is 34.2 Å². The number of hydrogen-bond acceptors (Lipinski definition) is 6. The highest BCUT2D eigenvalue weighted by molar-refractivity contribution is 9.10. The molecule has 3 heterocycles. The number of carbonyl (C=O) groups excluding carboxylic acids is 1. The summed E-state index contributed by atoms with van der Waals surface area (Å²) in [5.41, 5.74) is 4.42. The van der Waals surface area contributed by atoms with Gasteiger partial charge in [0.05, 0.1) is 17.0 Å². The second-order valence-corrected chi connectivity index (χ2v) is 9.78. The molecule has 5 aromatic rings. The number of anilines is 1. The van der Waals surface area contributed by atoms with E-state index >= 15 is 0 Å². The number of thioether (sulfide) groups is 1. The van der Waals surface area contributed by atoms with Crippen molar-refractivity contribution in [2.75, 3.05) is 11.1 Å². The largest absolute Gasteiger partial charge is 0.325 e. The number of amides is 1. The molecule has 0 aliphatic rings. The summed E-state index contributed by atoms with van der Waals surface area (Å²) in [5.74, 6) is 0.810. The maximum Gasteiger partial charge on any atom is 0.234 e. The average Bonchev–Trinajstić information content (AvgIpc) is 3.40. The first kappa shape index (κ1) is 22.5. The summed E-state index contributed by atoms with van der Waals surface area (Å²) in [6, 6.07) is 17.4. The van der Waals surface area contributed by atoms with Crippen molar-refractivity contribution in [3.05, 3.63) is 76.3 Å². The van der Waals surface area contributed by atoms with Gasteiger partial charge in [-0.1, -0.05) is 39.8 Å². The van der Waals surface area contributed by atoms with Crippen molar-refractivity contribution < 1.29 is 4.79 Å². The minimum absolute atomic E-state index is 0.111. The topological polar surface area (TPSA) is 90.0 Å². The van der Waals surface area contributed by atoms with Gasteiger partial charge in [-0.3, -0.25) is 9.48 Å². The summed E-state index contributed by atoms with van der Waals surface area (Å²) in [6.45, 7) is 4.73. The number of fused-ring (bicyclic) bond motifs is 3. The van der Waals surface area contributed by atoms with Crippen molar-refractivity contribution >= 4 is 55.8 Å². The van der Waals surface area contributed by atoms with E-state index in [1.165, 1.54) is 11.8 Å². The Morgan fingerprint density at radius 1 is 1.06 bits per heavy atom. The van der Waals surface area contributed by atoms with E-state index in [1.54, 1.807) is 4.52 Å². The Kier molecular flexibility index (Phi) is 6.34. The van der Waals surface area contributed by atoms with E-state index in [-0.39, 0.29) is 11.7 Å². The molecule has 0 saturated carbocycles. The van der Waals surface area contributed by atoms with Gasteiger partial charge in [-0.25, -0.2) is 9.97 Å². The van der Waals surface area contributed by atoms with Crippen LogP contribution in [-0.2, 0) is 17.8 Å². The number of halogens is 1. The van der Waals surface area contributed by atoms with Crippen LogP contribution in [0.4, 0.5) is 5.69 Å². The number of rotatable bonds is 7. The van der Waals surface area contributed by atoms with Crippen molar-refractivity contribution in [2.24, 2.45) is 0 Å². The van der Waals surface area contributed by atoms with Crippen LogP contribution in [0.25, 0.3) is 16.6 Å². The molecule has 0 radical (unpaired) electrons. The van der Waals surface area contributed by atoms with E-state index in [1.807, 2.05) is 67.1 Å². The number of nitrogens with zero attached hydrogens (tertiary/aromatic N) is 6. The molecule has 5 rings (SSSR count). The molecular weight excluding hydrogens is 514 g/mol. The van der Waals surface area contributed by atoms with Crippen molar-refractivity contribution in [1.29, 1.82) is 0 Å². The van der Waals surface area contributed by atoms with Crippen LogP contribution < -0.4 is 5.32 Å². The summed E-state index contributed by atoms with van der Waals surface area (Å²) in [5, 5.41) is 13.7. The third kappa shape index (κ3) is 4.83. The highest BCUT2D eigenvalue weighted by atomic mass is 79.9. The van der Waals surface area contributed by atoms with Gasteiger partial charge < -0.3 is 5.32 Å². The van der Waals surface area contributed by atoms with Crippen LogP contribution in [-0.4, -0.2) is 41.0 Å². The molecule has 0 atom stereocenters. The first-order chi connectivity index (χ1) is 16.5. The molecular formula is C24H22BrN7OS. The maximum absolute atomic E-state index is 12.5. The van der Waals surface area contributed by atoms with Gasteiger partial charge in [-0.15, -0.1) is 5.10 Å². The van der Waals surface area contributed by atoms with Crippen LogP contribution in [0.1, 0.15) is 17.2 Å². The number of hydrogen-bond donors (Lipinski definition) is 1. The molecule has 0 aliphatic carbocycles. The third-order valence-electron chi connectivity index (χ3n) is 5.30. The lowest BCUT2D eigenvalue weighted by Crippen LogP contribution is -2.14. The SMILES string of the molecule is Cc1cc(C)n(CCc2nc3c4ccccc4nc(SCC(=O)Nc4ccc(Br)cc4)n3n2)n1. The summed E-state index contributed by atoms with van der Waals surface area (Å²) < 4.78 is 4.68. The van der Waals surface area contributed by atoms with E-state index in [0.717, 1.165) is 38.1 Å². The molecule has 0 fully saturated rings. The highest BCUT2D eigenvalue weighted by Gasteiger charge is 2.15. The Morgan fingerprint density at radius 2 is 1.85 bits per heavy atom. The predicted octanol–water partition coefficient (Wildman–Crippen LogP) is 4.83. The molecule has 172 valence electrons. The Labute approximate surface area is 208 Å². The summed E-state index contributed by atoms with van der Waals surface area (Å²) in [6.07, 6.45) is 0.645. The summed E-state index contributed by atoms with van der Waals surface area (Å²) in [7, 11) is 0. The average molecular weight is 536 g/mol. The molecule has 0 spiro atoms. The molecule has 8 nitrogen and oxygen atoms in total. The monoisotopic (exact) mass is 535 g/mol. The van der Waals surface area contributed by atoms with Gasteiger partial charge >= 0.3 is 0 Å². The number of benzene rings is 2. The summed E-state index contributed by atoms with van der Waals surface area (Å²) in [4.78, 5) is 22.1. The van der Waals surface area contributed by atoms with Gasteiger partial charge in [-0.2, -0.15) is 9.61 Å². The molecule has 34 heavy (non-hydrogen) atoms. The lowest BCUT2D eigenvalue weighted by atomic mass is 10.2. The zero-order valence-electron chi connectivity index (χ0n) is 18.7. The fraction of sp³-hybridized carbons (Fsp3) is 0.208. The third-order valence-corrected chi connectivity index (χ3v) is 6.76. The molecule has 1 N–H and O–H groups in total. The van der Waals surface area contributed by atoms with Gasteiger partial charge in [0.2, 0.25) is 5.91 Å². The first-order valence-electron chi connectivity index (χ1n) is 10.8. The maximum atomic E-state index is 12.5. The van der Waals surface area contributed by atoms with Gasteiger partial charge in [0.15, 0.2) is 16.6 Å². The molecule has 0 saturated heterocycles. The van der Waals surface area contributed by atoms with E-state index in [2.05, 4.69) is 32.4 Å². The second-order valence-electron chi connectivity index (χ2n) is 7.92. The van der Waals surface area contributed by atoms with E-state index in [4.69, 9.17) is 15.1 Å². The van der Waals surface area contributed by atoms with Crippen molar-refractivity contribution in [3.8, 4) is 0 Å². The first-order valence-corrected chi connectivity index (χ1v) is 12.6. The lowest BCUT2D eigenvalue weighted by molar-refractivity contribution is -0.113. The molecule has 10 heteroatoms. The van der Waals surface area contributed by atoms with Crippen molar-refractivity contribution in [1.82, 2.24) is 29.4 Å². The molecule has 0 aliphatic heterocycles. The van der Waals surface area contributed by atoms with E-state index < -0.39 is 0 Å². The van der Waals surface area contributed by atoms with Crippen LogP contribution in [0.2, 0.25) is 0 Å². The molecule has 1 amide bonds. The smallest absolute Gasteiger partial charge is 0.234 e. The van der Waals surface area contributed by atoms with Gasteiger partial charge in [-0.05, 0) is 56.3 Å². The Bertz CT molecular complexity index is 1490. The molecule has 0 bridgehead atoms. The Morgan fingerprint density at radius 3 is 2.62 bits per heavy atom. The van der Waals surface area contributed by atoms with Gasteiger partial charge in [0.25, 0.3) is 0 Å². The van der Waals surface area contributed by atoms with E-state index in [9.17, 15) is 4.79 Å². The quantitative estimate of drug-likeness (QED) is 0.237. The van der Waals surface area contributed by atoms with Crippen LogP contribution >= 0.6 is 27.7 Å². The zero-order chi connectivity index (χ0) is 23.7. The van der Waals surface area contributed by atoms with Crippen molar-refractivity contribution in [3.63, 3.8) is 0 Å². The number of para-hydroxylation sites is 1. The molecule has 2 aromatic carbocycles. The second kappa shape index (κ2) is 9.55. The van der Waals surface area contributed by atoms with Crippen LogP contribution in [0.5, 0.6) is 0 Å². The van der Waals surface area contributed by atoms with Crippen LogP contribution in [0.3, 0.4) is 0 Å². The fourth-order valence-electron chi connectivity index (χ4n) is 3.74. The fourth-order valence-corrected chi connectivity index (χ4v) is 4.75. The van der Waals surface area contributed by atoms with Crippen LogP contribution in [0.15, 0.2) is 64.2 Å². The lowest BCUT2D eigenvalue weighted by Gasteiger charge is -2.07. The molecule has 3 aromatic heterocycles. The van der Waals surface area contributed by atoms with Crippen molar-refractivity contribution in [2.45, 2.75) is 32.0 Å².